The second-order valence-electron chi connectivity index (χ2n) is 3.62. The van der Waals surface area contributed by atoms with Gasteiger partial charge in [-0.25, -0.2) is 4.79 Å². The zero-order valence-electron chi connectivity index (χ0n) is 9.64. The molecule has 0 fully saturated rings. The number of alkyl carbamates (subject to hydrolysis) is 1. The number of carbonyl (C=O) groups is 1. The average molecular weight is 201 g/mol. The van der Waals surface area contributed by atoms with Crippen molar-refractivity contribution >= 4 is 6.09 Å². The summed E-state index contributed by atoms with van der Waals surface area (Å²) >= 11 is 0. The van der Waals surface area contributed by atoms with Crippen LogP contribution in [-0.2, 0) is 4.74 Å². The molecule has 0 aromatic heterocycles. The molecule has 1 atom stereocenters. The van der Waals surface area contributed by atoms with E-state index in [0.717, 1.165) is 6.42 Å². The molecule has 84 valence electrons. The van der Waals surface area contributed by atoms with Gasteiger partial charge in [0.1, 0.15) is 0 Å². The fraction of sp³-hybridized carbons (Fsp3) is 0.909. The lowest BCUT2D eigenvalue weighted by Crippen LogP contribution is -2.32. The van der Waals surface area contributed by atoms with E-state index in [0.29, 0.717) is 6.61 Å². The molecule has 0 aromatic carbocycles. The summed E-state index contributed by atoms with van der Waals surface area (Å²) in [6.07, 6.45) is 5.72. The summed E-state index contributed by atoms with van der Waals surface area (Å²) in [5, 5.41) is 2.80. The van der Waals surface area contributed by atoms with Crippen LogP contribution in [0.3, 0.4) is 0 Å². The maximum Gasteiger partial charge on any atom is 0.407 e. The van der Waals surface area contributed by atoms with Crippen LogP contribution in [0.5, 0.6) is 0 Å². The zero-order valence-corrected chi connectivity index (χ0v) is 9.64. The molecule has 3 nitrogen and oxygen atoms in total. The van der Waals surface area contributed by atoms with Gasteiger partial charge in [0.05, 0.1) is 6.61 Å². The first-order valence-electron chi connectivity index (χ1n) is 5.64. The third kappa shape index (κ3) is 7.90. The number of ether oxygens (including phenoxy) is 1. The monoisotopic (exact) mass is 201 g/mol. The van der Waals surface area contributed by atoms with Gasteiger partial charge in [-0.3, -0.25) is 0 Å². The Kier molecular flexibility index (Phi) is 8.39. The molecule has 3 heteroatoms. The van der Waals surface area contributed by atoms with Crippen molar-refractivity contribution in [3.63, 3.8) is 0 Å². The second kappa shape index (κ2) is 8.85. The smallest absolute Gasteiger partial charge is 0.407 e. The Morgan fingerprint density at radius 1 is 1.29 bits per heavy atom. The summed E-state index contributed by atoms with van der Waals surface area (Å²) in [6.45, 7) is 6.46. The maximum absolute atomic E-state index is 11.0. The second-order valence-corrected chi connectivity index (χ2v) is 3.62. The molecule has 0 radical (unpaired) electrons. The van der Waals surface area contributed by atoms with Gasteiger partial charge < -0.3 is 10.1 Å². The number of unbranched alkanes of at least 4 members (excludes halogenated alkanes) is 3. The quantitative estimate of drug-likeness (QED) is 0.643. The normalized spacial score (nSPS) is 12.2. The summed E-state index contributed by atoms with van der Waals surface area (Å²) in [5.41, 5.74) is 0. The molecule has 1 N–H and O–H groups in total. The predicted octanol–water partition coefficient (Wildman–Crippen LogP) is 3.09. The van der Waals surface area contributed by atoms with Gasteiger partial charge >= 0.3 is 6.09 Å². The molecule has 0 aromatic rings. The van der Waals surface area contributed by atoms with Gasteiger partial charge in [-0.1, -0.05) is 32.6 Å². The molecular weight excluding hydrogens is 178 g/mol. The fourth-order valence-corrected chi connectivity index (χ4v) is 1.32. The van der Waals surface area contributed by atoms with E-state index in [4.69, 9.17) is 4.74 Å². The maximum atomic E-state index is 11.0. The number of carbonyl (C=O) groups excluding carboxylic acids is 1. The first-order chi connectivity index (χ1) is 6.70. The molecule has 0 spiro atoms. The molecule has 1 amide bonds. The van der Waals surface area contributed by atoms with Crippen molar-refractivity contribution in [2.24, 2.45) is 0 Å². The van der Waals surface area contributed by atoms with E-state index in [-0.39, 0.29) is 12.1 Å². The van der Waals surface area contributed by atoms with E-state index in [1.165, 1.54) is 25.7 Å². The van der Waals surface area contributed by atoms with Crippen molar-refractivity contribution in [2.45, 2.75) is 58.9 Å². The van der Waals surface area contributed by atoms with Crippen LogP contribution in [0, 0.1) is 0 Å². The standard InChI is InChI=1S/C11H23NO2/c1-4-6-7-8-9-10(3)12-11(13)14-5-2/h10H,4-9H2,1-3H3,(H,12,13)/t10-/m1/s1. The van der Waals surface area contributed by atoms with Gasteiger partial charge in [-0.15, -0.1) is 0 Å². The number of hydrogen-bond acceptors (Lipinski definition) is 2. The van der Waals surface area contributed by atoms with Crippen LogP contribution in [0.4, 0.5) is 4.79 Å². The number of hydrogen-bond donors (Lipinski definition) is 1. The van der Waals surface area contributed by atoms with Gasteiger partial charge in [0.15, 0.2) is 0 Å². The van der Waals surface area contributed by atoms with Gasteiger partial charge in [-0.2, -0.15) is 0 Å². The summed E-state index contributed by atoms with van der Waals surface area (Å²) < 4.78 is 4.79. The van der Waals surface area contributed by atoms with Crippen LogP contribution >= 0.6 is 0 Å². The van der Waals surface area contributed by atoms with Gasteiger partial charge in [0.2, 0.25) is 0 Å². The minimum Gasteiger partial charge on any atom is -0.450 e. The predicted molar refractivity (Wildman–Crippen MR) is 58.4 cm³/mol. The van der Waals surface area contributed by atoms with Crippen LogP contribution < -0.4 is 5.32 Å². The Hall–Kier alpha value is -0.730. The molecule has 0 saturated carbocycles. The minimum atomic E-state index is -0.296. The number of nitrogens with one attached hydrogen (secondary N) is 1. The van der Waals surface area contributed by atoms with Crippen LogP contribution in [0.1, 0.15) is 52.9 Å². The Morgan fingerprint density at radius 2 is 2.00 bits per heavy atom. The third-order valence-corrected chi connectivity index (χ3v) is 2.13. The van der Waals surface area contributed by atoms with Crippen LogP contribution in [0.2, 0.25) is 0 Å². The molecule has 14 heavy (non-hydrogen) atoms. The largest absolute Gasteiger partial charge is 0.450 e. The molecule has 0 rings (SSSR count). The lowest BCUT2D eigenvalue weighted by molar-refractivity contribution is 0.148. The number of amides is 1. The van der Waals surface area contributed by atoms with E-state index >= 15 is 0 Å². The molecular formula is C11H23NO2. The SMILES string of the molecule is CCCCCC[C@@H](C)NC(=O)OCC. The number of rotatable bonds is 7. The van der Waals surface area contributed by atoms with Crippen molar-refractivity contribution in [1.29, 1.82) is 0 Å². The molecule has 0 unspecified atom stereocenters. The highest BCUT2D eigenvalue weighted by molar-refractivity contribution is 5.67. The average Bonchev–Trinajstić information content (AvgIpc) is 2.13. The summed E-state index contributed by atoms with van der Waals surface area (Å²) in [4.78, 5) is 11.0. The van der Waals surface area contributed by atoms with Gasteiger partial charge in [-0.05, 0) is 20.3 Å². The Labute approximate surface area is 87.2 Å². The van der Waals surface area contributed by atoms with Crippen LogP contribution in [0.15, 0.2) is 0 Å². The van der Waals surface area contributed by atoms with Crippen LogP contribution in [-0.4, -0.2) is 18.7 Å². The van der Waals surface area contributed by atoms with E-state index in [1.807, 2.05) is 13.8 Å². The Morgan fingerprint density at radius 3 is 2.57 bits per heavy atom. The molecule has 0 bridgehead atoms. The van der Waals surface area contributed by atoms with E-state index in [9.17, 15) is 4.79 Å². The fourth-order valence-electron chi connectivity index (χ4n) is 1.32. The highest BCUT2D eigenvalue weighted by Gasteiger charge is 2.06. The van der Waals surface area contributed by atoms with Crippen LogP contribution in [0.25, 0.3) is 0 Å². The molecule has 0 aliphatic heterocycles. The topological polar surface area (TPSA) is 38.3 Å². The van der Waals surface area contributed by atoms with E-state index in [1.54, 1.807) is 0 Å². The van der Waals surface area contributed by atoms with Crippen molar-refractivity contribution < 1.29 is 9.53 Å². The van der Waals surface area contributed by atoms with Gasteiger partial charge in [0, 0.05) is 6.04 Å². The summed E-state index contributed by atoms with van der Waals surface area (Å²) in [6, 6.07) is 0.228. The van der Waals surface area contributed by atoms with Crippen molar-refractivity contribution in [3.05, 3.63) is 0 Å². The van der Waals surface area contributed by atoms with Crippen molar-refractivity contribution in [3.8, 4) is 0 Å². The summed E-state index contributed by atoms with van der Waals surface area (Å²) in [5.74, 6) is 0. The van der Waals surface area contributed by atoms with E-state index < -0.39 is 0 Å². The minimum absolute atomic E-state index is 0.228. The first kappa shape index (κ1) is 13.3. The zero-order chi connectivity index (χ0) is 10.8. The Balaban J connectivity index is 3.35. The first-order valence-corrected chi connectivity index (χ1v) is 5.64. The highest BCUT2D eigenvalue weighted by Crippen LogP contribution is 2.05. The van der Waals surface area contributed by atoms with Crippen molar-refractivity contribution in [2.75, 3.05) is 6.61 Å². The van der Waals surface area contributed by atoms with Crippen molar-refractivity contribution in [1.82, 2.24) is 5.32 Å². The third-order valence-electron chi connectivity index (χ3n) is 2.13. The lowest BCUT2D eigenvalue weighted by atomic mass is 10.1. The Bertz CT molecular complexity index is 148. The molecule has 0 saturated heterocycles. The molecule has 0 aliphatic rings. The molecule has 0 heterocycles. The summed E-state index contributed by atoms with van der Waals surface area (Å²) in [7, 11) is 0. The van der Waals surface area contributed by atoms with E-state index in [2.05, 4.69) is 12.2 Å². The molecule has 0 aliphatic carbocycles. The van der Waals surface area contributed by atoms with Gasteiger partial charge in [0.25, 0.3) is 0 Å². The highest BCUT2D eigenvalue weighted by atomic mass is 16.5. The lowest BCUT2D eigenvalue weighted by Gasteiger charge is -2.12.